The standard InChI is InChI=1S/C58H61N4O/c1-55(2,3)40-19-16-20-44(30-40)61-37-62(61,53-33-41(56(4,5)6)22-26-52(53)61)45-31-43(58(10,11)12)32-47(35-45)63-46-23-24-48-49-29-39(38-17-14-13-15-18-38)21-25-50(49)60(51(48)36-46)54-34-42(27-28-59-54)57(7,8)9/h13-37H,1-12H3/q+1/t61-,62?/m0/s1. The molecule has 2 aliphatic heterocycles. The molecule has 0 saturated carbocycles. The smallest absolute Gasteiger partial charge is 0.225 e. The SMILES string of the molecule is CC(C)(C)c1cc(Oc2ccc3c4cc(-c5ccccc5)ccc4n(-c4cc(C(C)(C)C)ccn4)c3c2)cc([N+]23[CH-][N@+]2(c2cccc(C(C)(C)C)c2)c2ccc(C(C)(C)C)cc23)c1. The summed E-state index contributed by atoms with van der Waals surface area (Å²) in [6, 6.07) is 51.7. The number of benzene rings is 6. The molecule has 1 unspecified atom stereocenters. The van der Waals surface area contributed by atoms with Gasteiger partial charge in [-0.3, -0.25) is 4.57 Å². The van der Waals surface area contributed by atoms with Crippen molar-refractivity contribution in [2.45, 2.75) is 105 Å². The summed E-state index contributed by atoms with van der Waals surface area (Å²) in [6.07, 6.45) is 1.94. The van der Waals surface area contributed by atoms with E-state index in [0.29, 0.717) is 9.18 Å². The van der Waals surface area contributed by atoms with Gasteiger partial charge in [0.1, 0.15) is 17.3 Å². The predicted molar refractivity (Wildman–Crippen MR) is 265 cm³/mol. The molecule has 1 saturated heterocycles. The molecule has 5 nitrogen and oxygen atoms in total. The van der Waals surface area contributed by atoms with Gasteiger partial charge in [-0.2, -0.15) is 9.18 Å². The predicted octanol–water partition coefficient (Wildman–Crippen LogP) is 16.2. The third-order valence-electron chi connectivity index (χ3n) is 13.5. The van der Waals surface area contributed by atoms with Crippen LogP contribution in [-0.4, -0.2) is 9.55 Å². The van der Waals surface area contributed by atoms with Gasteiger partial charge in [-0.15, -0.1) is 0 Å². The molecular weight excluding hydrogens is 769 g/mol. The van der Waals surface area contributed by atoms with Crippen LogP contribution in [0.2, 0.25) is 0 Å². The topological polar surface area (TPSA) is 27.1 Å². The lowest BCUT2D eigenvalue weighted by Crippen LogP contribution is -2.47. The monoisotopic (exact) mass is 829 g/mol. The second kappa shape index (κ2) is 13.7. The average molecular weight is 830 g/mol. The van der Waals surface area contributed by atoms with Crippen LogP contribution in [0, 0.1) is 6.67 Å². The van der Waals surface area contributed by atoms with Crippen molar-refractivity contribution in [3.63, 3.8) is 0 Å². The fourth-order valence-corrected chi connectivity index (χ4v) is 9.69. The Bertz CT molecular complexity index is 3110. The van der Waals surface area contributed by atoms with Crippen LogP contribution >= 0.6 is 0 Å². The van der Waals surface area contributed by atoms with E-state index in [1.807, 2.05) is 6.20 Å². The summed E-state index contributed by atoms with van der Waals surface area (Å²) >= 11 is 0. The number of hydrogen-bond donors (Lipinski definition) is 0. The zero-order valence-corrected chi connectivity index (χ0v) is 39.1. The van der Waals surface area contributed by atoms with E-state index >= 15 is 0 Å². The van der Waals surface area contributed by atoms with Crippen LogP contribution in [0.5, 0.6) is 11.5 Å². The highest BCUT2D eigenvalue weighted by molar-refractivity contribution is 6.10. The number of quaternary nitrogens is 2. The lowest BCUT2D eigenvalue weighted by molar-refractivity contribution is 0.419. The summed E-state index contributed by atoms with van der Waals surface area (Å²) in [5, 5.41) is 2.34. The largest absolute Gasteiger partial charge is 0.457 e. The van der Waals surface area contributed by atoms with Crippen LogP contribution in [0.1, 0.15) is 105 Å². The summed E-state index contributed by atoms with van der Waals surface area (Å²) in [5.74, 6) is 2.51. The van der Waals surface area contributed by atoms with Gasteiger partial charge >= 0.3 is 0 Å². The molecule has 2 aromatic heterocycles. The van der Waals surface area contributed by atoms with Crippen LogP contribution in [0.15, 0.2) is 146 Å². The van der Waals surface area contributed by atoms with Gasteiger partial charge in [0.25, 0.3) is 0 Å². The Hall–Kier alpha value is -6.01. The minimum absolute atomic E-state index is 0.0156. The molecule has 2 atom stereocenters. The molecule has 8 aromatic rings. The molecule has 10 rings (SSSR count). The Labute approximate surface area is 374 Å². The van der Waals surface area contributed by atoms with Crippen molar-refractivity contribution in [3.05, 3.63) is 175 Å². The van der Waals surface area contributed by atoms with Crippen LogP contribution < -0.4 is 13.9 Å². The first kappa shape index (κ1) is 41.0. The minimum Gasteiger partial charge on any atom is -0.457 e. The third kappa shape index (κ3) is 6.54. The highest BCUT2D eigenvalue weighted by atomic mass is 16.5. The van der Waals surface area contributed by atoms with Crippen molar-refractivity contribution in [3.8, 4) is 28.4 Å². The van der Waals surface area contributed by atoms with E-state index in [-0.39, 0.29) is 21.7 Å². The van der Waals surface area contributed by atoms with Crippen molar-refractivity contribution >= 4 is 44.6 Å². The molecule has 4 heterocycles. The van der Waals surface area contributed by atoms with Crippen LogP contribution in [0.25, 0.3) is 38.8 Å². The van der Waals surface area contributed by atoms with E-state index in [4.69, 9.17) is 9.72 Å². The first-order valence-electron chi connectivity index (χ1n) is 22.5. The third-order valence-corrected chi connectivity index (χ3v) is 13.5. The number of pyridine rings is 1. The van der Waals surface area contributed by atoms with Crippen molar-refractivity contribution in [2.24, 2.45) is 0 Å². The molecule has 0 radical (unpaired) electrons. The summed E-state index contributed by atoms with van der Waals surface area (Å²) < 4.78 is 10.7. The van der Waals surface area contributed by atoms with Gasteiger partial charge in [0.2, 0.25) is 11.4 Å². The van der Waals surface area contributed by atoms with Crippen LogP contribution in [-0.2, 0) is 21.7 Å². The number of hydrogen-bond acceptors (Lipinski definition) is 2. The quantitative estimate of drug-likeness (QED) is 0.0948. The minimum atomic E-state index is -0.123. The Morgan fingerprint density at radius 1 is 0.444 bits per heavy atom. The molecule has 318 valence electrons. The van der Waals surface area contributed by atoms with Gasteiger partial charge < -0.3 is 4.74 Å². The molecule has 63 heavy (non-hydrogen) atoms. The Kier molecular flexibility index (Phi) is 8.95. The molecular formula is C58H61N4O+. The second-order valence-corrected chi connectivity index (χ2v) is 22.1. The highest BCUT2D eigenvalue weighted by Crippen LogP contribution is 2.76. The molecule has 0 N–H and O–H groups in total. The average Bonchev–Trinajstić information content (AvgIpc) is 3.73. The zero-order chi connectivity index (χ0) is 44.5. The van der Waals surface area contributed by atoms with Gasteiger partial charge in [0, 0.05) is 59.4 Å². The van der Waals surface area contributed by atoms with E-state index in [2.05, 4.69) is 234 Å². The maximum absolute atomic E-state index is 7.11. The summed E-state index contributed by atoms with van der Waals surface area (Å²) in [5.41, 5.74) is 14.7. The lowest BCUT2D eigenvalue weighted by atomic mass is 9.85. The fraction of sp³-hybridized carbons (Fsp3) is 0.276. The van der Waals surface area contributed by atoms with Gasteiger partial charge in [0.15, 0.2) is 18.0 Å². The molecule has 0 amide bonds. The van der Waals surface area contributed by atoms with Crippen molar-refractivity contribution in [1.82, 2.24) is 18.7 Å². The zero-order valence-electron chi connectivity index (χ0n) is 39.1. The molecule has 0 bridgehead atoms. The summed E-state index contributed by atoms with van der Waals surface area (Å²) in [7, 11) is 0. The number of ether oxygens (including phenoxy) is 1. The van der Waals surface area contributed by atoms with Gasteiger partial charge in [-0.05, 0) is 97.5 Å². The number of fused-ring (bicyclic) bond motifs is 7. The van der Waals surface area contributed by atoms with E-state index in [9.17, 15) is 0 Å². The molecule has 1 fully saturated rings. The molecule has 0 aliphatic carbocycles. The van der Waals surface area contributed by atoms with Gasteiger partial charge in [-0.1, -0.05) is 138 Å². The molecule has 5 heteroatoms. The maximum atomic E-state index is 7.11. The summed E-state index contributed by atoms with van der Waals surface area (Å²) in [6.45, 7) is 30.0. The number of nitrogens with zero attached hydrogens (tertiary/aromatic N) is 4. The highest BCUT2D eigenvalue weighted by Gasteiger charge is 2.78. The van der Waals surface area contributed by atoms with Gasteiger partial charge in [-0.25, -0.2) is 4.98 Å². The van der Waals surface area contributed by atoms with Crippen LogP contribution in [0.3, 0.4) is 0 Å². The Balaban J connectivity index is 1.14. The van der Waals surface area contributed by atoms with Crippen LogP contribution in [0.4, 0.5) is 22.7 Å². The molecule has 2 aliphatic rings. The first-order chi connectivity index (χ1) is 29.7. The molecule has 0 spiro atoms. The first-order valence-corrected chi connectivity index (χ1v) is 22.5. The van der Waals surface area contributed by atoms with E-state index in [1.165, 1.54) is 61.5 Å². The fourth-order valence-electron chi connectivity index (χ4n) is 9.69. The number of rotatable bonds is 6. The second-order valence-electron chi connectivity index (χ2n) is 22.1. The number of aromatic nitrogens is 2. The lowest BCUT2D eigenvalue weighted by Gasteiger charge is -2.41. The van der Waals surface area contributed by atoms with Crippen molar-refractivity contribution in [2.75, 3.05) is 0 Å². The van der Waals surface area contributed by atoms with E-state index in [0.717, 1.165) is 33.7 Å². The maximum Gasteiger partial charge on any atom is 0.225 e. The summed E-state index contributed by atoms with van der Waals surface area (Å²) in [4.78, 5) is 4.99. The Morgan fingerprint density at radius 3 is 1.83 bits per heavy atom. The van der Waals surface area contributed by atoms with Crippen molar-refractivity contribution < 1.29 is 4.74 Å². The van der Waals surface area contributed by atoms with E-state index < -0.39 is 0 Å². The van der Waals surface area contributed by atoms with Gasteiger partial charge in [0.05, 0.1) is 11.0 Å². The van der Waals surface area contributed by atoms with E-state index in [1.54, 1.807) is 0 Å². The normalized spacial score (nSPS) is 18.5. The molecule has 6 aromatic carbocycles. The van der Waals surface area contributed by atoms with Crippen molar-refractivity contribution in [1.29, 1.82) is 0 Å². The Morgan fingerprint density at radius 2 is 1.11 bits per heavy atom.